The number of fused-ring (bicyclic) bond motifs is 3. The second-order valence-corrected chi connectivity index (χ2v) is 7.00. The van der Waals surface area contributed by atoms with Gasteiger partial charge < -0.3 is 24.6 Å². The third-order valence-corrected chi connectivity index (χ3v) is 5.15. The largest absolute Gasteiger partial charge is 0.478 e. The van der Waals surface area contributed by atoms with Gasteiger partial charge in [0.05, 0.1) is 22.8 Å². The zero-order chi connectivity index (χ0) is 18.8. The topological polar surface area (TPSA) is 86.0 Å². The van der Waals surface area contributed by atoms with Crippen LogP contribution in [0.2, 0.25) is 0 Å². The van der Waals surface area contributed by atoms with Gasteiger partial charge in [-0.3, -0.25) is 4.98 Å². The predicted octanol–water partition coefficient (Wildman–Crippen LogP) is 1.63. The summed E-state index contributed by atoms with van der Waals surface area (Å²) in [6.07, 6.45) is 6.15. The van der Waals surface area contributed by atoms with Crippen molar-refractivity contribution in [3.05, 3.63) is 36.3 Å². The van der Waals surface area contributed by atoms with Gasteiger partial charge in [0.25, 0.3) is 0 Å². The number of likely N-dealkylation sites (N-methyl/N-ethyl adjacent to an activating group) is 1. The Labute approximate surface area is 157 Å². The summed E-state index contributed by atoms with van der Waals surface area (Å²) in [5, 5.41) is 12.9. The molecule has 0 spiro atoms. The van der Waals surface area contributed by atoms with Crippen molar-refractivity contribution in [2.45, 2.75) is 6.42 Å². The Kier molecular flexibility index (Phi) is 4.91. The van der Waals surface area contributed by atoms with Crippen LogP contribution in [0.1, 0.15) is 16.8 Å². The molecule has 1 aliphatic rings. The van der Waals surface area contributed by atoms with E-state index in [0.717, 1.165) is 56.7 Å². The van der Waals surface area contributed by atoms with Gasteiger partial charge in [0, 0.05) is 45.1 Å². The maximum absolute atomic E-state index is 11.6. The third-order valence-electron chi connectivity index (χ3n) is 5.15. The quantitative estimate of drug-likeness (QED) is 0.640. The van der Waals surface area contributed by atoms with Crippen molar-refractivity contribution in [2.24, 2.45) is 0 Å². The summed E-state index contributed by atoms with van der Waals surface area (Å²) in [5.41, 5.74) is 2.41. The Morgan fingerprint density at radius 1 is 1.26 bits per heavy atom. The Balaban J connectivity index is 1.53. The molecule has 1 saturated heterocycles. The van der Waals surface area contributed by atoms with Gasteiger partial charge in [0.15, 0.2) is 5.82 Å². The summed E-state index contributed by atoms with van der Waals surface area (Å²) in [6.45, 7) is 6.20. The van der Waals surface area contributed by atoms with Crippen LogP contribution >= 0.6 is 0 Å². The lowest BCUT2D eigenvalue weighted by Gasteiger charge is -2.32. The highest BCUT2D eigenvalue weighted by molar-refractivity contribution is 6.01. The second-order valence-electron chi connectivity index (χ2n) is 7.00. The molecule has 0 aromatic carbocycles. The fraction of sp³-hybridized carbons (Fsp3) is 0.421. The van der Waals surface area contributed by atoms with Crippen LogP contribution in [0.25, 0.3) is 16.6 Å². The van der Waals surface area contributed by atoms with E-state index in [-0.39, 0.29) is 5.56 Å². The van der Waals surface area contributed by atoms with Crippen LogP contribution in [-0.4, -0.2) is 81.6 Å². The van der Waals surface area contributed by atoms with Crippen LogP contribution in [0.3, 0.4) is 0 Å². The first-order chi connectivity index (χ1) is 13.1. The summed E-state index contributed by atoms with van der Waals surface area (Å²) in [5.74, 6) is -0.350. The van der Waals surface area contributed by atoms with Gasteiger partial charge in [-0.1, -0.05) is 0 Å². The molecule has 1 fully saturated rings. The van der Waals surface area contributed by atoms with Gasteiger partial charge in [-0.2, -0.15) is 0 Å². The average Bonchev–Trinajstić information content (AvgIpc) is 3.12. The SMILES string of the molecule is CN1CCN(CCCNc2nc3ccncc3n3ccc(C(=O)O)c23)CC1. The highest BCUT2D eigenvalue weighted by Gasteiger charge is 2.17. The minimum Gasteiger partial charge on any atom is -0.478 e. The van der Waals surface area contributed by atoms with Crippen molar-refractivity contribution in [1.82, 2.24) is 24.2 Å². The van der Waals surface area contributed by atoms with Crippen molar-refractivity contribution in [3.8, 4) is 0 Å². The number of aromatic nitrogens is 3. The number of piperazine rings is 1. The molecule has 0 aliphatic carbocycles. The monoisotopic (exact) mass is 368 g/mol. The second kappa shape index (κ2) is 7.50. The maximum atomic E-state index is 11.6. The maximum Gasteiger partial charge on any atom is 0.338 e. The number of aromatic carboxylic acids is 1. The molecule has 0 radical (unpaired) electrons. The highest BCUT2D eigenvalue weighted by Crippen LogP contribution is 2.25. The van der Waals surface area contributed by atoms with Crippen LogP contribution in [0.5, 0.6) is 0 Å². The van der Waals surface area contributed by atoms with Gasteiger partial charge >= 0.3 is 5.97 Å². The minimum absolute atomic E-state index is 0.245. The van der Waals surface area contributed by atoms with Crippen molar-refractivity contribution < 1.29 is 9.90 Å². The number of rotatable bonds is 6. The van der Waals surface area contributed by atoms with Crippen LogP contribution in [0, 0.1) is 0 Å². The fourth-order valence-corrected chi connectivity index (χ4v) is 3.58. The predicted molar refractivity (Wildman–Crippen MR) is 104 cm³/mol. The molecule has 3 aromatic heterocycles. The first-order valence-electron chi connectivity index (χ1n) is 9.26. The molecule has 0 unspecified atom stereocenters. The number of hydrogen-bond donors (Lipinski definition) is 2. The molecule has 8 nitrogen and oxygen atoms in total. The summed E-state index contributed by atoms with van der Waals surface area (Å²) in [6, 6.07) is 3.45. The standard InChI is InChI=1S/C19H24N6O2/c1-23-9-11-24(12-10-23)7-2-5-21-18-17-14(19(26)27)4-8-25(17)16-13-20-6-3-15(16)22-18/h3-4,6,8,13H,2,5,7,9-12H2,1H3,(H,21,22)(H,26,27). The Morgan fingerprint density at radius 2 is 2.07 bits per heavy atom. The summed E-state index contributed by atoms with van der Waals surface area (Å²) in [7, 11) is 2.16. The van der Waals surface area contributed by atoms with Crippen molar-refractivity contribution in [3.63, 3.8) is 0 Å². The first-order valence-corrected chi connectivity index (χ1v) is 9.26. The Bertz CT molecular complexity index is 961. The number of carbonyl (C=O) groups is 1. The van der Waals surface area contributed by atoms with Crippen LogP contribution in [0.4, 0.5) is 5.82 Å². The molecule has 142 valence electrons. The van der Waals surface area contributed by atoms with Gasteiger partial charge in [-0.05, 0) is 32.1 Å². The van der Waals surface area contributed by atoms with E-state index in [1.165, 1.54) is 0 Å². The molecule has 0 bridgehead atoms. The molecular weight excluding hydrogens is 344 g/mol. The number of nitrogens with one attached hydrogen (secondary N) is 1. The van der Waals surface area contributed by atoms with E-state index in [1.54, 1.807) is 24.7 Å². The van der Waals surface area contributed by atoms with Crippen molar-refractivity contribution in [1.29, 1.82) is 0 Å². The lowest BCUT2D eigenvalue weighted by Crippen LogP contribution is -2.44. The molecule has 0 atom stereocenters. The Hall–Kier alpha value is -2.71. The number of hydrogen-bond acceptors (Lipinski definition) is 6. The van der Waals surface area contributed by atoms with E-state index < -0.39 is 5.97 Å². The van der Waals surface area contributed by atoms with E-state index in [0.29, 0.717) is 11.3 Å². The van der Waals surface area contributed by atoms with E-state index in [2.05, 4.69) is 32.1 Å². The molecule has 27 heavy (non-hydrogen) atoms. The summed E-state index contributed by atoms with van der Waals surface area (Å²) in [4.78, 5) is 25.2. The van der Waals surface area contributed by atoms with E-state index in [1.807, 2.05) is 10.5 Å². The molecule has 3 aromatic rings. The number of carboxylic acids is 1. The summed E-state index contributed by atoms with van der Waals surface area (Å²) >= 11 is 0. The van der Waals surface area contributed by atoms with Gasteiger partial charge in [0.1, 0.15) is 5.52 Å². The zero-order valence-electron chi connectivity index (χ0n) is 15.4. The lowest BCUT2D eigenvalue weighted by atomic mass is 10.2. The zero-order valence-corrected chi connectivity index (χ0v) is 15.4. The third kappa shape index (κ3) is 3.58. The van der Waals surface area contributed by atoms with Crippen LogP contribution < -0.4 is 5.32 Å². The molecule has 4 rings (SSSR count). The summed E-state index contributed by atoms with van der Waals surface area (Å²) < 4.78 is 1.85. The number of pyridine rings is 1. The normalized spacial score (nSPS) is 16.2. The highest BCUT2D eigenvalue weighted by atomic mass is 16.4. The number of carboxylic acid groups (broad SMARTS) is 1. The smallest absolute Gasteiger partial charge is 0.338 e. The van der Waals surface area contributed by atoms with Crippen LogP contribution in [-0.2, 0) is 0 Å². The lowest BCUT2D eigenvalue weighted by molar-refractivity contribution is 0.0699. The first kappa shape index (κ1) is 17.7. The van der Waals surface area contributed by atoms with E-state index >= 15 is 0 Å². The molecule has 0 saturated carbocycles. The molecule has 8 heteroatoms. The van der Waals surface area contributed by atoms with Gasteiger partial charge in [-0.25, -0.2) is 9.78 Å². The van der Waals surface area contributed by atoms with E-state index in [9.17, 15) is 9.90 Å². The minimum atomic E-state index is -0.956. The molecule has 1 aliphatic heterocycles. The number of nitrogens with zero attached hydrogens (tertiary/aromatic N) is 5. The molecule has 4 heterocycles. The molecule has 2 N–H and O–H groups in total. The van der Waals surface area contributed by atoms with Gasteiger partial charge in [0.2, 0.25) is 0 Å². The Morgan fingerprint density at radius 3 is 2.85 bits per heavy atom. The number of anilines is 1. The molecular formula is C19H24N6O2. The van der Waals surface area contributed by atoms with E-state index in [4.69, 9.17) is 0 Å². The average molecular weight is 368 g/mol. The van der Waals surface area contributed by atoms with Gasteiger partial charge in [-0.15, -0.1) is 0 Å². The fourth-order valence-electron chi connectivity index (χ4n) is 3.58. The van der Waals surface area contributed by atoms with Crippen molar-refractivity contribution in [2.75, 3.05) is 51.6 Å². The van der Waals surface area contributed by atoms with Crippen LogP contribution in [0.15, 0.2) is 30.7 Å². The van der Waals surface area contributed by atoms with Crippen molar-refractivity contribution >= 4 is 28.3 Å². The molecule has 0 amide bonds.